The van der Waals surface area contributed by atoms with Crippen molar-refractivity contribution in [3.63, 3.8) is 0 Å². The molecule has 2 nitrogen and oxygen atoms in total. The van der Waals surface area contributed by atoms with E-state index in [1.165, 1.54) is 0 Å². The number of fused-ring (bicyclic) bond motifs is 3. The Labute approximate surface area is 115 Å². The van der Waals surface area contributed by atoms with E-state index < -0.39 is 0 Å². The summed E-state index contributed by atoms with van der Waals surface area (Å²) in [6, 6.07) is 12.4. The van der Waals surface area contributed by atoms with E-state index in [9.17, 15) is 0 Å². The molecule has 0 aliphatic heterocycles. The van der Waals surface area contributed by atoms with Gasteiger partial charge in [-0.25, -0.2) is 0 Å². The van der Waals surface area contributed by atoms with Crippen LogP contribution in [0.4, 0.5) is 0 Å². The maximum absolute atomic E-state index is 8.00. The molecule has 0 aliphatic rings. The lowest BCUT2D eigenvalue weighted by atomic mass is 10.1. The largest absolute Gasteiger partial charge is 0.456 e. The molecule has 2 aromatic heterocycles. The maximum atomic E-state index is 8.00. The number of hydrogen-bond acceptors (Lipinski definition) is 2. The Morgan fingerprint density at radius 3 is 2.84 bits per heavy atom. The van der Waals surface area contributed by atoms with Crippen molar-refractivity contribution >= 4 is 21.9 Å². The molecule has 0 amide bonds. The zero-order valence-electron chi connectivity index (χ0n) is 13.9. The smallest absolute Gasteiger partial charge is 0.136 e. The summed E-state index contributed by atoms with van der Waals surface area (Å²) < 4.78 is 36.8. The van der Waals surface area contributed by atoms with Crippen molar-refractivity contribution in [1.29, 1.82) is 0 Å². The number of furan rings is 1. The van der Waals surface area contributed by atoms with Gasteiger partial charge in [-0.1, -0.05) is 30.3 Å². The number of pyridine rings is 1. The average Bonchev–Trinajstić information content (AvgIpc) is 2.94. The van der Waals surface area contributed by atoms with E-state index in [0.29, 0.717) is 11.1 Å². The molecule has 0 fully saturated rings. The summed E-state index contributed by atoms with van der Waals surface area (Å²) in [6.07, 6.45) is -0.300. The third-order valence-electron chi connectivity index (χ3n) is 3.12. The fourth-order valence-electron chi connectivity index (χ4n) is 2.24. The standard InChI is InChI=1S/C17H11NO/c1-2-7-16-13(5-1)14-9-8-12(11-17(14)19-16)15-6-3-4-10-18-15/h1-11H/i3D,4D,6D,10D. The molecule has 0 bridgehead atoms. The summed E-state index contributed by atoms with van der Waals surface area (Å²) >= 11 is 0. The van der Waals surface area contributed by atoms with Crippen molar-refractivity contribution in [1.82, 2.24) is 4.98 Å². The lowest BCUT2D eigenvalue weighted by molar-refractivity contribution is 0.669. The first kappa shape index (κ1) is 7.10. The molecule has 2 heteroatoms. The molecule has 0 N–H and O–H groups in total. The predicted molar refractivity (Wildman–Crippen MR) is 77.0 cm³/mol. The minimum Gasteiger partial charge on any atom is -0.456 e. The summed E-state index contributed by atoms with van der Waals surface area (Å²) in [6.45, 7) is 0. The van der Waals surface area contributed by atoms with Crippen LogP contribution in [0.3, 0.4) is 0 Å². The number of para-hydroxylation sites is 1. The van der Waals surface area contributed by atoms with Crippen molar-refractivity contribution in [3.05, 3.63) is 66.8 Å². The predicted octanol–water partition coefficient (Wildman–Crippen LogP) is 4.65. The molecule has 90 valence electrons. The minimum atomic E-state index is -0.330. The maximum Gasteiger partial charge on any atom is 0.136 e. The Kier molecular flexibility index (Phi) is 1.48. The first-order valence-corrected chi connectivity index (χ1v) is 5.92. The Bertz CT molecular complexity index is 1070. The third kappa shape index (κ3) is 1.61. The van der Waals surface area contributed by atoms with E-state index >= 15 is 0 Å². The van der Waals surface area contributed by atoms with Gasteiger partial charge in [-0.2, -0.15) is 0 Å². The Morgan fingerprint density at radius 1 is 0.947 bits per heavy atom. The Balaban J connectivity index is 1.98. The van der Waals surface area contributed by atoms with Gasteiger partial charge in [0.2, 0.25) is 0 Å². The van der Waals surface area contributed by atoms with Gasteiger partial charge >= 0.3 is 0 Å². The average molecular weight is 249 g/mol. The topological polar surface area (TPSA) is 26.0 Å². The van der Waals surface area contributed by atoms with Crippen LogP contribution in [0.5, 0.6) is 0 Å². The van der Waals surface area contributed by atoms with Crippen LogP contribution in [-0.2, 0) is 0 Å². The number of hydrogen-bond donors (Lipinski definition) is 0. The van der Waals surface area contributed by atoms with Crippen LogP contribution in [0.25, 0.3) is 33.2 Å². The van der Waals surface area contributed by atoms with Gasteiger partial charge in [0.1, 0.15) is 11.2 Å². The van der Waals surface area contributed by atoms with Crippen LogP contribution < -0.4 is 0 Å². The van der Waals surface area contributed by atoms with E-state index in [-0.39, 0.29) is 30.0 Å². The van der Waals surface area contributed by atoms with Crippen molar-refractivity contribution in [3.8, 4) is 11.3 Å². The number of rotatable bonds is 1. The highest BCUT2D eigenvalue weighted by atomic mass is 16.3. The highest BCUT2D eigenvalue weighted by Crippen LogP contribution is 2.31. The highest BCUT2D eigenvalue weighted by molar-refractivity contribution is 6.05. The second-order valence-corrected chi connectivity index (χ2v) is 4.26. The lowest BCUT2D eigenvalue weighted by Crippen LogP contribution is -1.80. The molecular weight excluding hydrogens is 234 g/mol. The van der Waals surface area contributed by atoms with Crippen molar-refractivity contribution < 1.29 is 9.90 Å². The van der Waals surface area contributed by atoms with Crippen LogP contribution in [-0.4, -0.2) is 4.98 Å². The van der Waals surface area contributed by atoms with Gasteiger partial charge in [0.05, 0.1) is 11.2 Å². The molecule has 0 spiro atoms. The fraction of sp³-hybridized carbons (Fsp3) is 0. The van der Waals surface area contributed by atoms with Crippen LogP contribution in [0.1, 0.15) is 5.48 Å². The summed E-state index contributed by atoms with van der Waals surface area (Å²) in [5, 5.41) is 1.97. The molecule has 0 saturated carbocycles. The first-order valence-electron chi connectivity index (χ1n) is 7.92. The van der Waals surface area contributed by atoms with Crippen LogP contribution in [0.15, 0.2) is 71.2 Å². The highest BCUT2D eigenvalue weighted by Gasteiger charge is 2.07. The molecule has 4 rings (SSSR count). The van der Waals surface area contributed by atoms with Crippen LogP contribution >= 0.6 is 0 Å². The molecule has 0 unspecified atom stereocenters. The number of aromatic nitrogens is 1. The van der Waals surface area contributed by atoms with Gasteiger partial charge in [-0.15, -0.1) is 0 Å². The lowest BCUT2D eigenvalue weighted by Gasteiger charge is -1.99. The quantitative estimate of drug-likeness (QED) is 0.491. The molecule has 0 atom stereocenters. The molecule has 0 aliphatic carbocycles. The van der Waals surface area contributed by atoms with E-state index in [4.69, 9.17) is 9.90 Å². The Morgan fingerprint density at radius 2 is 1.84 bits per heavy atom. The van der Waals surface area contributed by atoms with Gasteiger partial charge in [-0.3, -0.25) is 4.98 Å². The summed E-state index contributed by atoms with van der Waals surface area (Å²) in [5.74, 6) is 0. The van der Waals surface area contributed by atoms with Gasteiger partial charge in [0.15, 0.2) is 0 Å². The zero-order chi connectivity index (χ0) is 16.1. The van der Waals surface area contributed by atoms with E-state index in [0.717, 1.165) is 16.4 Å². The minimum absolute atomic E-state index is 0.151. The van der Waals surface area contributed by atoms with Crippen molar-refractivity contribution in [2.45, 2.75) is 0 Å². The van der Waals surface area contributed by atoms with Gasteiger partial charge in [-0.05, 0) is 30.3 Å². The third-order valence-corrected chi connectivity index (χ3v) is 3.12. The first-order chi connectivity index (χ1) is 11.1. The van der Waals surface area contributed by atoms with Crippen molar-refractivity contribution in [2.75, 3.05) is 0 Å². The number of benzene rings is 2. The zero-order valence-corrected chi connectivity index (χ0v) is 9.90. The van der Waals surface area contributed by atoms with E-state index in [2.05, 4.69) is 4.98 Å². The normalized spacial score (nSPS) is 14.1. The second-order valence-electron chi connectivity index (χ2n) is 4.26. The van der Waals surface area contributed by atoms with E-state index in [1.54, 1.807) is 12.1 Å². The van der Waals surface area contributed by atoms with Crippen molar-refractivity contribution in [2.24, 2.45) is 0 Å². The molecule has 0 saturated heterocycles. The SMILES string of the molecule is [2H]c1nc(-c2ccc3c(c2)oc2ccccc23)c([2H])c([2H])c1[2H]. The monoisotopic (exact) mass is 249 g/mol. The molecule has 2 aromatic carbocycles. The molecule has 19 heavy (non-hydrogen) atoms. The van der Waals surface area contributed by atoms with Gasteiger partial charge in [0.25, 0.3) is 0 Å². The van der Waals surface area contributed by atoms with Crippen LogP contribution in [0, 0.1) is 0 Å². The summed E-state index contributed by atoms with van der Waals surface area (Å²) in [5.41, 5.74) is 2.27. The number of nitrogens with zero attached hydrogens (tertiary/aromatic N) is 1. The molecular formula is C17H11NO. The summed E-state index contributed by atoms with van der Waals surface area (Å²) in [7, 11) is 0. The Hall–Kier alpha value is -2.61. The van der Waals surface area contributed by atoms with E-state index in [1.807, 2.05) is 30.3 Å². The fourth-order valence-corrected chi connectivity index (χ4v) is 2.24. The summed E-state index contributed by atoms with van der Waals surface area (Å²) in [4.78, 5) is 3.99. The molecule has 0 radical (unpaired) electrons. The van der Waals surface area contributed by atoms with Gasteiger partial charge < -0.3 is 4.42 Å². The molecule has 4 aromatic rings. The second kappa shape index (κ2) is 3.95. The van der Waals surface area contributed by atoms with Crippen LogP contribution in [0.2, 0.25) is 0 Å². The molecule has 2 heterocycles. The van der Waals surface area contributed by atoms with Gasteiger partial charge in [0, 0.05) is 22.5 Å².